The van der Waals surface area contributed by atoms with Crippen LogP contribution < -0.4 is 4.24 Å². The van der Waals surface area contributed by atoms with E-state index in [9.17, 15) is 0 Å². The molecule has 0 aliphatic heterocycles. The van der Waals surface area contributed by atoms with Crippen LogP contribution in [0.3, 0.4) is 0 Å². The molecule has 0 radical (unpaired) electrons. The van der Waals surface area contributed by atoms with E-state index in [1.807, 2.05) is 18.2 Å². The topological polar surface area (TPSA) is 0 Å². The van der Waals surface area contributed by atoms with Crippen LogP contribution in [0.15, 0.2) is 30.3 Å². The molecule has 14 heavy (non-hydrogen) atoms. The summed E-state index contributed by atoms with van der Waals surface area (Å²) in [5.74, 6) is 0. The summed E-state index contributed by atoms with van der Waals surface area (Å²) >= 11 is 4.44. The van der Waals surface area contributed by atoms with E-state index in [2.05, 4.69) is 47.6 Å². The van der Waals surface area contributed by atoms with Crippen molar-refractivity contribution < 1.29 is 0 Å². The molecule has 0 atom stereocenters. The molecule has 66 valence electrons. The molecule has 0 unspecified atom stereocenters. The van der Waals surface area contributed by atoms with Crippen LogP contribution in [0, 0.1) is 0 Å². The van der Waals surface area contributed by atoms with Crippen LogP contribution in [0.25, 0.3) is 0 Å². The van der Waals surface area contributed by atoms with Crippen LogP contribution in [-0.4, -0.2) is 35.4 Å². The molecule has 1 aliphatic rings. The maximum atomic E-state index is 2.36. The van der Waals surface area contributed by atoms with Crippen LogP contribution in [0.5, 0.6) is 0 Å². The zero-order chi connectivity index (χ0) is 10.2. The van der Waals surface area contributed by atoms with Gasteiger partial charge in [-0.1, -0.05) is 0 Å². The average Bonchev–Trinajstić information content (AvgIpc) is 2.21. The van der Waals surface area contributed by atoms with Crippen molar-refractivity contribution in [1.29, 1.82) is 0 Å². The molecule has 0 amide bonds. The first-order chi connectivity index (χ1) is 6.79. The molecular weight excluding hydrogens is 158 g/mol. The van der Waals surface area contributed by atoms with Crippen LogP contribution in [-0.2, 0) is 0 Å². The summed E-state index contributed by atoms with van der Waals surface area (Å²) in [6, 6.07) is 10.3. The first kappa shape index (κ1) is 12.5. The Morgan fingerprint density at radius 3 is 1.79 bits per heavy atom. The van der Waals surface area contributed by atoms with Gasteiger partial charge in [0.25, 0.3) is 0 Å². The van der Waals surface area contributed by atoms with E-state index < -0.39 is 0 Å². The Hall–Kier alpha value is 0.415. The molecule has 0 saturated heterocycles. The second-order valence-electron chi connectivity index (χ2n) is 4.40. The molecule has 0 spiro atoms. The molecule has 0 nitrogen and oxygen atoms in total. The average molecular weight is 174 g/mol. The van der Waals surface area contributed by atoms with Crippen molar-refractivity contribution in [3.8, 4) is 0 Å². The SMILES string of the molecule is [Li][CH]1CCCCC1.[Li][c]1ccccc1. The number of benzene rings is 1. The van der Waals surface area contributed by atoms with Crippen molar-refractivity contribution >= 4 is 39.7 Å². The number of hydrogen-bond donors (Lipinski definition) is 0. The predicted molar refractivity (Wildman–Crippen MR) is 64.4 cm³/mol. The molecule has 0 aromatic heterocycles. The van der Waals surface area contributed by atoms with E-state index in [0.717, 1.165) is 4.59 Å². The maximum absolute atomic E-state index is 2.36. The first-order valence-electron chi connectivity index (χ1n) is 5.80. The van der Waals surface area contributed by atoms with Gasteiger partial charge < -0.3 is 0 Å². The van der Waals surface area contributed by atoms with Crippen LogP contribution in [0.4, 0.5) is 0 Å². The summed E-state index contributed by atoms with van der Waals surface area (Å²) in [6.45, 7) is 0. The fourth-order valence-corrected chi connectivity index (χ4v) is 1.84. The molecular formula is C12H16Li2. The molecule has 0 heterocycles. The van der Waals surface area contributed by atoms with Crippen molar-refractivity contribution in [2.24, 2.45) is 0 Å². The number of rotatable bonds is 0. The zero-order valence-corrected chi connectivity index (χ0v) is 9.50. The van der Waals surface area contributed by atoms with Gasteiger partial charge in [0.2, 0.25) is 0 Å². The van der Waals surface area contributed by atoms with Gasteiger partial charge in [0.15, 0.2) is 0 Å². The molecule has 1 saturated carbocycles. The second-order valence-corrected chi connectivity index (χ2v) is 4.40. The Morgan fingerprint density at radius 2 is 1.50 bits per heavy atom. The van der Waals surface area contributed by atoms with Crippen molar-refractivity contribution in [1.82, 2.24) is 0 Å². The van der Waals surface area contributed by atoms with Crippen LogP contribution in [0.1, 0.15) is 32.1 Å². The third-order valence-corrected chi connectivity index (χ3v) is 2.83. The Morgan fingerprint density at radius 1 is 0.929 bits per heavy atom. The predicted octanol–water partition coefficient (Wildman–Crippen LogP) is 2.39. The fourth-order valence-electron chi connectivity index (χ4n) is 1.84. The fraction of sp³-hybridized carbons (Fsp3) is 0.500. The Balaban J connectivity index is 0.000000140. The number of hydrogen-bond acceptors (Lipinski definition) is 0. The molecule has 1 aromatic carbocycles. The van der Waals surface area contributed by atoms with Crippen molar-refractivity contribution in [3.05, 3.63) is 30.3 Å². The quantitative estimate of drug-likeness (QED) is 0.530. The minimum absolute atomic E-state index is 1.04. The van der Waals surface area contributed by atoms with Crippen molar-refractivity contribution in [2.75, 3.05) is 0 Å². The second kappa shape index (κ2) is 7.67. The van der Waals surface area contributed by atoms with E-state index in [1.165, 1.54) is 36.3 Å². The van der Waals surface area contributed by atoms with Gasteiger partial charge in [-0.2, -0.15) is 0 Å². The molecule has 1 aromatic rings. The molecule has 0 N–H and O–H groups in total. The van der Waals surface area contributed by atoms with Gasteiger partial charge in [0.05, 0.1) is 0 Å². The van der Waals surface area contributed by atoms with E-state index >= 15 is 0 Å². The monoisotopic (exact) mass is 174 g/mol. The summed E-state index contributed by atoms with van der Waals surface area (Å²) in [5, 5.41) is 0. The van der Waals surface area contributed by atoms with Crippen molar-refractivity contribution in [2.45, 2.75) is 36.7 Å². The van der Waals surface area contributed by atoms with Crippen LogP contribution >= 0.6 is 0 Å². The minimum atomic E-state index is 1.04. The Labute approximate surface area is 106 Å². The summed E-state index contributed by atoms with van der Waals surface area (Å²) in [4.78, 5) is 0. The Kier molecular flexibility index (Phi) is 6.84. The zero-order valence-electron chi connectivity index (χ0n) is 9.50. The van der Waals surface area contributed by atoms with Gasteiger partial charge >= 0.3 is 107 Å². The van der Waals surface area contributed by atoms with E-state index in [0.29, 0.717) is 0 Å². The summed E-state index contributed by atoms with van der Waals surface area (Å²) in [7, 11) is 0. The summed E-state index contributed by atoms with van der Waals surface area (Å²) in [6.07, 6.45) is 7.44. The van der Waals surface area contributed by atoms with Gasteiger partial charge in [-0.15, -0.1) is 0 Å². The molecule has 0 bridgehead atoms. The van der Waals surface area contributed by atoms with Gasteiger partial charge in [-0.25, -0.2) is 0 Å². The van der Waals surface area contributed by atoms with E-state index in [4.69, 9.17) is 0 Å². The Bertz CT molecular complexity index is 227. The summed E-state index contributed by atoms with van der Waals surface area (Å²) < 4.78 is 2.36. The molecule has 1 aliphatic carbocycles. The molecule has 2 heteroatoms. The van der Waals surface area contributed by atoms with Gasteiger partial charge in [0.1, 0.15) is 0 Å². The summed E-state index contributed by atoms with van der Waals surface area (Å²) in [5.41, 5.74) is 0. The third kappa shape index (κ3) is 6.00. The standard InChI is InChI=1S/C6H11.C6H5.2Li/c2*1-2-4-6-5-3-1;;/h1H,2-6H2;1-5H;;. The molecule has 2 rings (SSSR count). The van der Waals surface area contributed by atoms with Crippen LogP contribution in [0.2, 0.25) is 4.59 Å². The normalized spacial score (nSPS) is 17.1. The molecule has 1 fully saturated rings. The van der Waals surface area contributed by atoms with Gasteiger partial charge in [-0.3, -0.25) is 0 Å². The third-order valence-electron chi connectivity index (χ3n) is 2.83. The first-order valence-corrected chi connectivity index (χ1v) is 5.80. The van der Waals surface area contributed by atoms with E-state index in [-0.39, 0.29) is 0 Å². The van der Waals surface area contributed by atoms with E-state index in [1.54, 1.807) is 0 Å². The van der Waals surface area contributed by atoms with Gasteiger partial charge in [0, 0.05) is 0 Å². The van der Waals surface area contributed by atoms with Gasteiger partial charge in [-0.05, 0) is 0 Å². The van der Waals surface area contributed by atoms with Crippen molar-refractivity contribution in [3.63, 3.8) is 0 Å².